The molecule has 1 N–H and O–H groups in total. The fraction of sp³-hybridized carbons (Fsp3) is 0.333. The summed E-state index contributed by atoms with van der Waals surface area (Å²) < 4.78 is 11.1. The van der Waals surface area contributed by atoms with Gasteiger partial charge in [0.05, 0.1) is 0 Å². The Morgan fingerprint density at radius 2 is 1.86 bits per heavy atom. The summed E-state index contributed by atoms with van der Waals surface area (Å²) in [5.41, 5.74) is 2.58. The highest BCUT2D eigenvalue weighted by Gasteiger charge is 2.18. The van der Waals surface area contributed by atoms with Gasteiger partial charge >= 0.3 is 11.6 Å². The summed E-state index contributed by atoms with van der Waals surface area (Å²) in [4.78, 5) is 23.4. The summed E-state index contributed by atoms with van der Waals surface area (Å²) >= 11 is 0. The van der Waals surface area contributed by atoms with E-state index in [1.54, 1.807) is 6.07 Å². The lowest BCUT2D eigenvalue weighted by Gasteiger charge is -2.16. The van der Waals surface area contributed by atoms with E-state index in [1.807, 2.05) is 36.4 Å². The van der Waals surface area contributed by atoms with E-state index >= 15 is 0 Å². The van der Waals surface area contributed by atoms with E-state index in [0.717, 1.165) is 54.2 Å². The van der Waals surface area contributed by atoms with Gasteiger partial charge in [-0.05, 0) is 42.5 Å². The Hall–Kier alpha value is -3.08. The SMILES string of the molecule is CCCCCCc1cc2c(-c3ccccc3)cc(=O)oc2cc1O[C@H](C)C(=O)O. The predicted octanol–water partition coefficient (Wildman–Crippen LogP) is 5.43. The van der Waals surface area contributed by atoms with Gasteiger partial charge in [-0.2, -0.15) is 0 Å². The molecule has 29 heavy (non-hydrogen) atoms. The molecule has 0 saturated carbocycles. The lowest BCUT2D eigenvalue weighted by atomic mass is 9.98. The first-order valence-electron chi connectivity index (χ1n) is 10.0. The monoisotopic (exact) mass is 394 g/mol. The van der Waals surface area contributed by atoms with Crippen molar-refractivity contribution in [1.29, 1.82) is 0 Å². The molecule has 0 fully saturated rings. The van der Waals surface area contributed by atoms with Crippen LogP contribution in [0.1, 0.15) is 45.1 Å². The third-order valence-electron chi connectivity index (χ3n) is 4.96. The average molecular weight is 394 g/mol. The molecule has 0 unspecified atom stereocenters. The van der Waals surface area contributed by atoms with Crippen LogP contribution < -0.4 is 10.4 Å². The average Bonchev–Trinajstić information content (AvgIpc) is 2.71. The van der Waals surface area contributed by atoms with Crippen molar-refractivity contribution < 1.29 is 19.1 Å². The third kappa shape index (κ3) is 5.05. The van der Waals surface area contributed by atoms with Crippen LogP contribution in [0.2, 0.25) is 0 Å². The molecule has 3 aromatic rings. The summed E-state index contributed by atoms with van der Waals surface area (Å²) in [5, 5.41) is 10.0. The zero-order valence-electron chi connectivity index (χ0n) is 16.8. The van der Waals surface area contributed by atoms with E-state index in [1.165, 1.54) is 13.0 Å². The highest BCUT2D eigenvalue weighted by molar-refractivity contribution is 5.94. The first-order valence-corrected chi connectivity index (χ1v) is 10.0. The molecule has 152 valence electrons. The second-order valence-electron chi connectivity index (χ2n) is 7.21. The molecule has 0 aliphatic rings. The van der Waals surface area contributed by atoms with Gasteiger partial charge in [-0.3, -0.25) is 0 Å². The molecule has 5 heteroatoms. The minimum absolute atomic E-state index is 0.390. The molecule has 2 aromatic carbocycles. The number of aliphatic carboxylic acids is 1. The van der Waals surface area contributed by atoms with Gasteiger partial charge in [-0.15, -0.1) is 0 Å². The summed E-state index contributed by atoms with van der Waals surface area (Å²) in [5.74, 6) is -0.584. The maximum atomic E-state index is 12.1. The van der Waals surface area contributed by atoms with Crippen LogP contribution in [0.3, 0.4) is 0 Å². The number of hydrogen-bond acceptors (Lipinski definition) is 4. The van der Waals surface area contributed by atoms with Crippen LogP contribution in [-0.4, -0.2) is 17.2 Å². The summed E-state index contributed by atoms with van der Waals surface area (Å²) in [7, 11) is 0. The van der Waals surface area contributed by atoms with Crippen molar-refractivity contribution >= 4 is 16.9 Å². The Labute approximate surface area is 169 Å². The molecule has 1 atom stereocenters. The van der Waals surface area contributed by atoms with Gasteiger partial charge in [0.25, 0.3) is 0 Å². The van der Waals surface area contributed by atoms with Gasteiger partial charge in [-0.1, -0.05) is 56.5 Å². The predicted molar refractivity (Wildman–Crippen MR) is 113 cm³/mol. The van der Waals surface area contributed by atoms with Gasteiger partial charge in [0.15, 0.2) is 6.10 Å². The molecule has 0 saturated heterocycles. The second-order valence-corrected chi connectivity index (χ2v) is 7.21. The van der Waals surface area contributed by atoms with Gasteiger partial charge < -0.3 is 14.3 Å². The number of rotatable bonds is 9. The maximum Gasteiger partial charge on any atom is 0.344 e. The van der Waals surface area contributed by atoms with Gasteiger partial charge in [0, 0.05) is 17.5 Å². The summed E-state index contributed by atoms with van der Waals surface area (Å²) in [6.07, 6.45) is 4.14. The van der Waals surface area contributed by atoms with Crippen molar-refractivity contribution in [2.24, 2.45) is 0 Å². The third-order valence-corrected chi connectivity index (χ3v) is 4.96. The molecular formula is C24H26O5. The Bertz CT molecular complexity index is 1040. The zero-order valence-corrected chi connectivity index (χ0v) is 16.8. The van der Waals surface area contributed by atoms with E-state index in [9.17, 15) is 14.7 Å². The van der Waals surface area contributed by atoms with Crippen LogP contribution in [0.5, 0.6) is 5.75 Å². The molecule has 0 amide bonds. The number of carbonyl (C=O) groups is 1. The Balaban J connectivity index is 2.11. The van der Waals surface area contributed by atoms with Crippen LogP contribution in [0.25, 0.3) is 22.1 Å². The summed E-state index contributed by atoms with van der Waals surface area (Å²) in [6, 6.07) is 14.8. The van der Waals surface area contributed by atoms with Crippen molar-refractivity contribution in [2.45, 2.75) is 52.1 Å². The lowest BCUT2D eigenvalue weighted by Crippen LogP contribution is -2.23. The lowest BCUT2D eigenvalue weighted by molar-refractivity contribution is -0.144. The molecule has 1 aromatic heterocycles. The molecular weight excluding hydrogens is 368 g/mol. The van der Waals surface area contributed by atoms with Crippen molar-refractivity contribution in [2.75, 3.05) is 0 Å². The first kappa shape index (κ1) is 20.6. The molecule has 0 spiro atoms. The van der Waals surface area contributed by atoms with E-state index in [2.05, 4.69) is 6.92 Å². The van der Waals surface area contributed by atoms with E-state index in [0.29, 0.717) is 11.3 Å². The Kier molecular flexibility index (Phi) is 6.70. The Morgan fingerprint density at radius 1 is 1.10 bits per heavy atom. The zero-order chi connectivity index (χ0) is 20.8. The standard InChI is InChI=1S/C24H26O5/c1-3-4-5-7-12-18-13-20-19(17-10-8-6-9-11-17)14-23(25)29-22(20)15-21(18)28-16(2)24(26)27/h6,8-11,13-16H,3-5,7,12H2,1-2H3,(H,26,27)/t16-/m1/s1. The highest BCUT2D eigenvalue weighted by atomic mass is 16.5. The first-order chi connectivity index (χ1) is 14.0. The molecule has 0 bridgehead atoms. The van der Waals surface area contributed by atoms with Crippen LogP contribution in [-0.2, 0) is 11.2 Å². The topological polar surface area (TPSA) is 76.7 Å². The number of fused-ring (bicyclic) bond motifs is 1. The van der Waals surface area contributed by atoms with Crippen LogP contribution in [0.15, 0.2) is 57.7 Å². The minimum atomic E-state index is -1.04. The van der Waals surface area contributed by atoms with Crippen molar-refractivity contribution in [1.82, 2.24) is 0 Å². The number of hydrogen-bond donors (Lipinski definition) is 1. The van der Waals surface area contributed by atoms with E-state index in [-0.39, 0.29) is 0 Å². The van der Waals surface area contributed by atoms with Gasteiger partial charge in [-0.25, -0.2) is 9.59 Å². The fourth-order valence-corrected chi connectivity index (χ4v) is 3.38. The van der Waals surface area contributed by atoms with Crippen molar-refractivity contribution in [3.63, 3.8) is 0 Å². The molecule has 0 aliphatic carbocycles. The quantitative estimate of drug-likeness (QED) is 0.386. The number of carboxylic acids is 1. The molecule has 3 rings (SSSR count). The number of unbranched alkanes of at least 4 members (excludes halogenated alkanes) is 3. The van der Waals surface area contributed by atoms with Crippen molar-refractivity contribution in [3.05, 3.63) is 64.5 Å². The number of ether oxygens (including phenoxy) is 1. The molecule has 0 radical (unpaired) electrons. The second kappa shape index (κ2) is 9.41. The normalized spacial score (nSPS) is 12.1. The molecule has 0 aliphatic heterocycles. The number of carboxylic acid groups (broad SMARTS) is 1. The van der Waals surface area contributed by atoms with Crippen molar-refractivity contribution in [3.8, 4) is 16.9 Å². The minimum Gasteiger partial charge on any atom is -0.479 e. The fourth-order valence-electron chi connectivity index (χ4n) is 3.38. The highest BCUT2D eigenvalue weighted by Crippen LogP contribution is 2.33. The van der Waals surface area contributed by atoms with E-state index < -0.39 is 17.7 Å². The number of aryl methyl sites for hydroxylation is 1. The summed E-state index contributed by atoms with van der Waals surface area (Å²) in [6.45, 7) is 3.65. The number of benzene rings is 2. The largest absolute Gasteiger partial charge is 0.479 e. The van der Waals surface area contributed by atoms with Crippen LogP contribution in [0, 0.1) is 0 Å². The smallest absolute Gasteiger partial charge is 0.344 e. The van der Waals surface area contributed by atoms with Gasteiger partial charge in [0.2, 0.25) is 0 Å². The van der Waals surface area contributed by atoms with Crippen LogP contribution in [0.4, 0.5) is 0 Å². The van der Waals surface area contributed by atoms with Crippen LogP contribution >= 0.6 is 0 Å². The van der Waals surface area contributed by atoms with Gasteiger partial charge in [0.1, 0.15) is 11.3 Å². The molecule has 5 nitrogen and oxygen atoms in total. The molecule has 1 heterocycles. The van der Waals surface area contributed by atoms with E-state index in [4.69, 9.17) is 9.15 Å². The maximum absolute atomic E-state index is 12.1. The Morgan fingerprint density at radius 3 is 2.55 bits per heavy atom.